The second-order valence-electron chi connectivity index (χ2n) is 10.2. The van der Waals surface area contributed by atoms with Crippen LogP contribution in [0, 0.1) is 5.41 Å². The Bertz CT molecular complexity index is 1210. The van der Waals surface area contributed by atoms with Crippen molar-refractivity contribution in [3.05, 3.63) is 6.33 Å². The number of fused-ring (bicyclic) bond motifs is 1. The first-order valence-electron chi connectivity index (χ1n) is 12.2. The number of rotatable bonds is 13. The Morgan fingerprint density at radius 2 is 2.08 bits per heavy atom. The van der Waals surface area contributed by atoms with Crippen LogP contribution in [-0.4, -0.2) is 96.5 Å². The molecular weight excluding hydrogens is 555 g/mol. The molecule has 220 valence electrons. The molecule has 1 fully saturated rings. The number of nitrogens with two attached hydrogens (primary N) is 1. The molecule has 2 unspecified atom stereocenters. The van der Waals surface area contributed by atoms with Crippen LogP contribution < -0.4 is 15.6 Å². The van der Waals surface area contributed by atoms with E-state index in [4.69, 9.17) is 24.3 Å². The average molecular weight is 593 g/mol. The van der Waals surface area contributed by atoms with Gasteiger partial charge in [0.25, 0.3) is 0 Å². The first-order valence-corrected chi connectivity index (χ1v) is 14.7. The number of carbonyl (C=O) groups excluding carboxylic acids is 1. The molecule has 6 N–H and O–H groups in total. The smallest absolute Gasteiger partial charge is 0.405 e. The summed E-state index contributed by atoms with van der Waals surface area (Å²) in [5, 5.41) is 33.9. The highest BCUT2D eigenvalue weighted by molar-refractivity contribution is 8.13. The van der Waals surface area contributed by atoms with Gasteiger partial charge in [0, 0.05) is 11.8 Å². The molecular formula is C22H37N6O9PS. The van der Waals surface area contributed by atoms with Crippen LogP contribution in [0.2, 0.25) is 0 Å². The van der Waals surface area contributed by atoms with Gasteiger partial charge in [0.15, 0.2) is 22.5 Å². The maximum absolute atomic E-state index is 13.4. The summed E-state index contributed by atoms with van der Waals surface area (Å²) in [6.45, 7) is 7.32. The third kappa shape index (κ3) is 7.07. The summed E-state index contributed by atoms with van der Waals surface area (Å²) in [6.07, 6.45) is -2.39. The Hall–Kier alpha value is -1.88. The number of nitrogens with zero attached hydrogens (tertiary/aromatic N) is 4. The minimum absolute atomic E-state index is 0.0863. The molecule has 2 aromatic rings. The number of nitrogens with one attached hydrogen (secondary N) is 1. The van der Waals surface area contributed by atoms with Crippen molar-refractivity contribution in [1.29, 1.82) is 0 Å². The van der Waals surface area contributed by atoms with Crippen molar-refractivity contribution in [3.63, 3.8) is 0 Å². The van der Waals surface area contributed by atoms with Gasteiger partial charge in [-0.15, -0.1) is 0 Å². The van der Waals surface area contributed by atoms with E-state index in [9.17, 15) is 24.7 Å². The molecule has 0 saturated carbocycles. The third-order valence-electron chi connectivity index (χ3n) is 5.96. The first-order chi connectivity index (χ1) is 18.1. The molecule has 0 amide bonds. The number of aliphatic hydroxyl groups excluding tert-OH is 2. The summed E-state index contributed by atoms with van der Waals surface area (Å²) in [4.78, 5) is 24.6. The van der Waals surface area contributed by atoms with Crippen LogP contribution in [0.3, 0.4) is 0 Å². The third-order valence-corrected chi connectivity index (χ3v) is 8.99. The van der Waals surface area contributed by atoms with Crippen molar-refractivity contribution in [3.8, 4) is 5.88 Å². The van der Waals surface area contributed by atoms with Crippen molar-refractivity contribution in [2.45, 2.75) is 64.7 Å². The van der Waals surface area contributed by atoms with Crippen LogP contribution in [0.15, 0.2) is 6.33 Å². The van der Waals surface area contributed by atoms with Gasteiger partial charge in [0.2, 0.25) is 11.8 Å². The number of thioether (sulfide) groups is 1. The summed E-state index contributed by atoms with van der Waals surface area (Å²) >= 11 is 0.951. The van der Waals surface area contributed by atoms with Gasteiger partial charge >= 0.3 is 7.75 Å². The quantitative estimate of drug-likeness (QED) is 0.161. The highest BCUT2D eigenvalue weighted by Gasteiger charge is 2.54. The number of aliphatic hydroxyl groups is 3. The Labute approximate surface area is 230 Å². The zero-order valence-electron chi connectivity index (χ0n) is 22.7. The fourth-order valence-corrected chi connectivity index (χ4v) is 6.21. The molecule has 39 heavy (non-hydrogen) atoms. The molecule has 1 aliphatic heterocycles. The largest absolute Gasteiger partial charge is 0.479 e. The minimum Gasteiger partial charge on any atom is -0.479 e. The molecule has 3 heterocycles. The molecule has 0 bridgehead atoms. The zero-order valence-corrected chi connectivity index (χ0v) is 24.4. The van der Waals surface area contributed by atoms with Crippen molar-refractivity contribution in [2.75, 3.05) is 38.4 Å². The van der Waals surface area contributed by atoms with E-state index in [1.54, 1.807) is 27.7 Å². The fraction of sp³-hybridized carbons (Fsp3) is 0.727. The van der Waals surface area contributed by atoms with E-state index in [-0.39, 0.29) is 53.1 Å². The number of hydrogen-bond acceptors (Lipinski definition) is 14. The van der Waals surface area contributed by atoms with Crippen molar-refractivity contribution < 1.29 is 43.2 Å². The Morgan fingerprint density at radius 1 is 1.38 bits per heavy atom. The maximum Gasteiger partial charge on any atom is 0.405 e. The lowest BCUT2D eigenvalue weighted by molar-refractivity contribution is -0.119. The first kappa shape index (κ1) is 31.6. The van der Waals surface area contributed by atoms with E-state index in [1.165, 1.54) is 24.9 Å². The second-order valence-corrected chi connectivity index (χ2v) is 13.0. The summed E-state index contributed by atoms with van der Waals surface area (Å²) in [5.74, 6) is 0.223. The van der Waals surface area contributed by atoms with Crippen molar-refractivity contribution in [1.82, 2.24) is 24.6 Å². The summed E-state index contributed by atoms with van der Waals surface area (Å²) < 4.78 is 37.0. The van der Waals surface area contributed by atoms with Crippen LogP contribution in [0.1, 0.15) is 40.8 Å². The number of aromatic nitrogens is 4. The number of imidazole rings is 1. The average Bonchev–Trinajstić information content (AvgIpc) is 3.37. The highest BCUT2D eigenvalue weighted by atomic mass is 32.2. The van der Waals surface area contributed by atoms with Crippen LogP contribution in [0.5, 0.6) is 5.88 Å². The molecule has 17 heteroatoms. The summed E-state index contributed by atoms with van der Waals surface area (Å²) in [7, 11) is -2.51. The molecule has 2 aromatic heterocycles. The van der Waals surface area contributed by atoms with Gasteiger partial charge in [-0.05, 0) is 34.6 Å². The van der Waals surface area contributed by atoms with Gasteiger partial charge < -0.3 is 30.5 Å². The van der Waals surface area contributed by atoms with E-state index in [2.05, 4.69) is 20.0 Å². The number of methoxy groups -OCH3 is 1. The number of carbonyl (C=O) groups is 1. The topological polar surface area (TPSA) is 213 Å². The summed E-state index contributed by atoms with van der Waals surface area (Å²) in [5.41, 5.74) is 3.53. The highest BCUT2D eigenvalue weighted by Crippen LogP contribution is 2.47. The maximum atomic E-state index is 13.4. The van der Waals surface area contributed by atoms with Gasteiger partial charge in [0.1, 0.15) is 17.8 Å². The lowest BCUT2D eigenvalue weighted by Crippen LogP contribution is -2.44. The molecule has 5 atom stereocenters. The van der Waals surface area contributed by atoms with E-state index < -0.39 is 43.8 Å². The number of ether oxygens (including phenoxy) is 2. The normalized spacial score (nSPS) is 25.3. The van der Waals surface area contributed by atoms with Gasteiger partial charge in [0.05, 0.1) is 38.7 Å². The van der Waals surface area contributed by atoms with Crippen molar-refractivity contribution >= 4 is 41.7 Å². The minimum atomic E-state index is -3.91. The van der Waals surface area contributed by atoms with Crippen LogP contribution in [0.4, 0.5) is 5.95 Å². The Kier molecular flexibility index (Phi) is 10.0. The Morgan fingerprint density at radius 3 is 2.69 bits per heavy atom. The van der Waals surface area contributed by atoms with E-state index in [1.807, 2.05) is 0 Å². The lowest BCUT2D eigenvalue weighted by atomic mass is 9.96. The van der Waals surface area contributed by atoms with E-state index >= 15 is 0 Å². The SMILES string of the molecule is COc1nc(N)nc2c1ncn2[C@@H]1O[C@H](COP(=O)(NC(C)C)OCCSC(=O)C(C)(C)CO)C(O)[C@]1(C)O. The molecule has 0 aromatic carbocycles. The van der Waals surface area contributed by atoms with Crippen LogP contribution >= 0.6 is 19.5 Å². The predicted octanol–water partition coefficient (Wildman–Crippen LogP) is 0.844. The van der Waals surface area contributed by atoms with Crippen molar-refractivity contribution in [2.24, 2.45) is 5.41 Å². The summed E-state index contributed by atoms with van der Waals surface area (Å²) in [6, 6.07) is -0.291. The number of hydrogen-bond donors (Lipinski definition) is 5. The number of anilines is 1. The van der Waals surface area contributed by atoms with E-state index in [0.717, 1.165) is 11.8 Å². The van der Waals surface area contributed by atoms with Crippen LogP contribution in [-0.2, 0) is 23.1 Å². The van der Waals surface area contributed by atoms with E-state index in [0.29, 0.717) is 0 Å². The molecule has 1 saturated heterocycles. The molecule has 0 spiro atoms. The zero-order chi connectivity index (χ0) is 29.2. The molecule has 0 radical (unpaired) electrons. The molecule has 0 aliphatic carbocycles. The van der Waals surface area contributed by atoms with Gasteiger partial charge in [-0.2, -0.15) is 9.97 Å². The lowest BCUT2D eigenvalue weighted by Gasteiger charge is -2.27. The standard InChI is InChI=1S/C22H37N6O9PS/c1-12(2)27-38(33,35-7-8-39-19(31)21(3,4)10-29)36-9-13-15(30)22(5,32)18(37-13)28-11-24-14-16(28)25-20(23)26-17(14)34-6/h11-13,15,18,29-30,32H,7-10H2,1-6H3,(H,27,33)(H2,23,25,26)/t13-,15?,18-,22+,38?/m1/s1. The molecule has 15 nitrogen and oxygen atoms in total. The molecule has 1 aliphatic rings. The van der Waals surface area contributed by atoms with Gasteiger partial charge in [-0.3, -0.25) is 18.4 Å². The molecule has 3 rings (SSSR count). The van der Waals surface area contributed by atoms with Crippen LogP contribution in [0.25, 0.3) is 11.2 Å². The fourth-order valence-electron chi connectivity index (χ4n) is 3.75. The second kappa shape index (κ2) is 12.3. The number of nitrogen functional groups attached to an aromatic ring is 1. The monoisotopic (exact) mass is 592 g/mol. The Balaban J connectivity index is 1.71. The van der Waals surface area contributed by atoms with Gasteiger partial charge in [-0.1, -0.05) is 11.8 Å². The van der Waals surface area contributed by atoms with Gasteiger partial charge in [-0.25, -0.2) is 14.6 Å². The predicted molar refractivity (Wildman–Crippen MR) is 143 cm³/mol.